The van der Waals surface area contributed by atoms with Crippen molar-refractivity contribution < 1.29 is 9.90 Å². The van der Waals surface area contributed by atoms with Crippen molar-refractivity contribution in [3.63, 3.8) is 0 Å². The summed E-state index contributed by atoms with van der Waals surface area (Å²) >= 11 is 0. The number of amides is 1. The first-order valence-corrected chi connectivity index (χ1v) is 4.69. The van der Waals surface area contributed by atoms with Crippen molar-refractivity contribution in [1.82, 2.24) is 5.32 Å². The van der Waals surface area contributed by atoms with Gasteiger partial charge in [0.1, 0.15) is 0 Å². The van der Waals surface area contributed by atoms with Gasteiger partial charge in [0.05, 0.1) is 6.61 Å². The molecule has 1 aromatic carbocycles. The third-order valence-corrected chi connectivity index (χ3v) is 1.86. The summed E-state index contributed by atoms with van der Waals surface area (Å²) in [5, 5.41) is 14.1. The van der Waals surface area contributed by atoms with Gasteiger partial charge in [-0.15, -0.1) is 0 Å². The molecule has 0 unspecified atom stereocenters. The third-order valence-electron chi connectivity index (χ3n) is 1.86. The smallest absolute Gasteiger partial charge is 0.200 e. The topological polar surface area (TPSA) is 61.4 Å². The van der Waals surface area contributed by atoms with Gasteiger partial charge in [-0.05, 0) is 17.7 Å². The zero-order valence-corrected chi connectivity index (χ0v) is 8.36. The number of aliphatic hydroxyl groups excluding tert-OH is 1. The monoisotopic (exact) mass is 204 g/mol. The second-order valence-electron chi connectivity index (χ2n) is 3.07. The second kappa shape index (κ2) is 6.08. The van der Waals surface area contributed by atoms with Gasteiger partial charge in [0.15, 0.2) is 5.81 Å². The van der Waals surface area contributed by atoms with Crippen LogP contribution >= 0.6 is 0 Å². The zero-order chi connectivity index (χ0) is 11.1. The molecule has 15 heavy (non-hydrogen) atoms. The Morgan fingerprint density at radius 3 is 2.53 bits per heavy atom. The van der Waals surface area contributed by atoms with Crippen LogP contribution in [0.2, 0.25) is 0 Å². The Morgan fingerprint density at radius 1 is 1.33 bits per heavy atom. The maximum Gasteiger partial charge on any atom is 0.200 e. The third kappa shape index (κ3) is 4.51. The number of nitrogens with one attached hydrogen (secondary N) is 2. The van der Waals surface area contributed by atoms with Crippen LogP contribution in [-0.4, -0.2) is 31.9 Å². The van der Waals surface area contributed by atoms with E-state index in [1.54, 1.807) is 0 Å². The van der Waals surface area contributed by atoms with Crippen LogP contribution in [-0.2, 0) is 6.54 Å². The first-order chi connectivity index (χ1) is 7.22. The molecule has 0 bridgehead atoms. The molecular formula is C10H13BN2O2. The van der Waals surface area contributed by atoms with Crippen LogP contribution in [0.4, 0.5) is 10.5 Å². The predicted octanol–water partition coefficient (Wildman–Crippen LogP) is 0.469. The van der Waals surface area contributed by atoms with Crippen LogP contribution < -0.4 is 10.6 Å². The number of hydrogen-bond acceptors (Lipinski definition) is 3. The number of benzene rings is 1. The molecule has 2 radical (unpaired) electrons. The van der Waals surface area contributed by atoms with E-state index in [0.29, 0.717) is 13.1 Å². The number of anilines is 1. The second-order valence-corrected chi connectivity index (χ2v) is 3.07. The van der Waals surface area contributed by atoms with Crippen LogP contribution in [0.25, 0.3) is 0 Å². The Kier molecular flexibility index (Phi) is 4.70. The van der Waals surface area contributed by atoms with E-state index in [-0.39, 0.29) is 6.61 Å². The van der Waals surface area contributed by atoms with Crippen molar-refractivity contribution in [2.75, 3.05) is 18.5 Å². The lowest BCUT2D eigenvalue weighted by molar-refractivity contribution is 0.259. The average molecular weight is 204 g/mol. The van der Waals surface area contributed by atoms with Gasteiger partial charge < -0.3 is 15.7 Å². The molecule has 5 heteroatoms. The summed E-state index contributed by atoms with van der Waals surface area (Å²) in [6.45, 7) is 1.06. The minimum absolute atomic E-state index is 0.102. The molecule has 0 saturated heterocycles. The normalized spacial score (nSPS) is 9.67. The van der Waals surface area contributed by atoms with Crippen molar-refractivity contribution in [3.8, 4) is 0 Å². The van der Waals surface area contributed by atoms with Crippen molar-refractivity contribution in [2.24, 2.45) is 0 Å². The van der Waals surface area contributed by atoms with Gasteiger partial charge in [-0.2, -0.15) is 0 Å². The Morgan fingerprint density at radius 2 is 2.00 bits per heavy atom. The zero-order valence-electron chi connectivity index (χ0n) is 8.36. The highest BCUT2D eigenvalue weighted by molar-refractivity contribution is 6.57. The van der Waals surface area contributed by atoms with Crippen molar-refractivity contribution in [3.05, 3.63) is 29.8 Å². The maximum absolute atomic E-state index is 10.5. The molecule has 0 aromatic heterocycles. The molecule has 0 atom stereocenters. The predicted molar refractivity (Wildman–Crippen MR) is 60.0 cm³/mol. The lowest BCUT2D eigenvalue weighted by atomic mass is 10.1. The van der Waals surface area contributed by atoms with Crippen molar-refractivity contribution in [2.45, 2.75) is 6.54 Å². The first kappa shape index (κ1) is 11.6. The molecule has 3 N–H and O–H groups in total. The van der Waals surface area contributed by atoms with Gasteiger partial charge in [-0.25, -0.2) is 0 Å². The molecule has 0 spiro atoms. The molecular weight excluding hydrogens is 191 g/mol. The van der Waals surface area contributed by atoms with E-state index in [2.05, 4.69) is 10.6 Å². The molecule has 0 aliphatic heterocycles. The summed E-state index contributed by atoms with van der Waals surface area (Å²) in [5.74, 6) is -0.530. The Bertz CT molecular complexity index is 314. The molecule has 1 rings (SSSR count). The molecule has 0 saturated carbocycles. The van der Waals surface area contributed by atoms with Gasteiger partial charge in [-0.1, -0.05) is 12.1 Å². The molecule has 78 valence electrons. The van der Waals surface area contributed by atoms with Gasteiger partial charge >= 0.3 is 0 Å². The van der Waals surface area contributed by atoms with E-state index < -0.39 is 5.81 Å². The van der Waals surface area contributed by atoms with Crippen LogP contribution in [0.15, 0.2) is 24.3 Å². The minimum Gasteiger partial charge on any atom is -0.395 e. The Labute approximate surface area is 90.1 Å². The highest BCUT2D eigenvalue weighted by Gasteiger charge is 1.95. The van der Waals surface area contributed by atoms with E-state index in [1.807, 2.05) is 24.3 Å². The van der Waals surface area contributed by atoms with E-state index >= 15 is 0 Å². The van der Waals surface area contributed by atoms with Gasteiger partial charge in [-0.3, -0.25) is 4.79 Å². The fourth-order valence-corrected chi connectivity index (χ4v) is 1.13. The lowest BCUT2D eigenvalue weighted by Crippen LogP contribution is -2.20. The van der Waals surface area contributed by atoms with Gasteiger partial charge in [0.25, 0.3) is 0 Å². The van der Waals surface area contributed by atoms with E-state index in [4.69, 9.17) is 13.0 Å². The number of carbonyl (C=O) groups excluding carboxylic acids is 1. The maximum atomic E-state index is 10.5. The lowest BCUT2D eigenvalue weighted by Gasteiger charge is -2.06. The van der Waals surface area contributed by atoms with Gasteiger partial charge in [0.2, 0.25) is 7.85 Å². The summed E-state index contributed by atoms with van der Waals surface area (Å²) < 4.78 is 0. The number of hydrogen-bond donors (Lipinski definition) is 3. The van der Waals surface area contributed by atoms with Crippen LogP contribution in [0, 0.1) is 0 Å². The first-order valence-electron chi connectivity index (χ1n) is 4.69. The minimum atomic E-state index is -0.530. The summed E-state index contributed by atoms with van der Waals surface area (Å²) in [4.78, 5) is 10.5. The summed E-state index contributed by atoms with van der Waals surface area (Å²) in [6.07, 6.45) is 0. The van der Waals surface area contributed by atoms with E-state index in [9.17, 15) is 4.79 Å². The SMILES string of the molecule is [B]C(=O)NCc1ccc(NCCO)cc1. The fraction of sp³-hybridized carbons (Fsp3) is 0.300. The number of aliphatic hydroxyl groups is 1. The van der Waals surface area contributed by atoms with Crippen LogP contribution in [0.5, 0.6) is 0 Å². The van der Waals surface area contributed by atoms with Crippen LogP contribution in [0.1, 0.15) is 5.56 Å². The number of carbonyl (C=O) groups is 1. The number of rotatable bonds is 5. The molecule has 0 aliphatic rings. The molecule has 4 nitrogen and oxygen atoms in total. The molecule has 0 heterocycles. The summed E-state index contributed by atoms with van der Waals surface area (Å²) in [7, 11) is 4.95. The van der Waals surface area contributed by atoms with Crippen molar-refractivity contribution in [1.29, 1.82) is 0 Å². The Balaban J connectivity index is 2.45. The van der Waals surface area contributed by atoms with E-state index in [1.165, 1.54) is 0 Å². The van der Waals surface area contributed by atoms with Crippen molar-refractivity contribution >= 4 is 19.3 Å². The Hall–Kier alpha value is -1.49. The fourth-order valence-electron chi connectivity index (χ4n) is 1.13. The average Bonchev–Trinajstić information content (AvgIpc) is 2.25. The molecule has 0 fully saturated rings. The highest BCUT2D eigenvalue weighted by Crippen LogP contribution is 2.08. The standard InChI is InChI=1S/C10H13BN2O2/c11-10(15)13-7-8-1-3-9(4-2-8)12-5-6-14/h1-4,12,14H,5-7H2,(H,13,15). The van der Waals surface area contributed by atoms with E-state index in [0.717, 1.165) is 11.3 Å². The quantitative estimate of drug-likeness (QED) is 0.611. The molecule has 1 amide bonds. The largest absolute Gasteiger partial charge is 0.395 e. The van der Waals surface area contributed by atoms with Gasteiger partial charge in [0, 0.05) is 18.8 Å². The molecule has 0 aliphatic carbocycles. The highest BCUT2D eigenvalue weighted by atomic mass is 16.3. The summed E-state index contributed by atoms with van der Waals surface area (Å²) in [6, 6.07) is 7.53. The van der Waals surface area contributed by atoms with Crippen LogP contribution in [0.3, 0.4) is 0 Å². The molecule has 1 aromatic rings. The summed E-state index contributed by atoms with van der Waals surface area (Å²) in [5.41, 5.74) is 1.91.